The molecule has 0 amide bonds. The molecule has 1 aliphatic rings. The Kier molecular flexibility index (Phi) is 4.49. The lowest BCUT2D eigenvalue weighted by atomic mass is 10.1. The summed E-state index contributed by atoms with van der Waals surface area (Å²) in [6, 6.07) is 9.87. The lowest BCUT2D eigenvalue weighted by Gasteiger charge is -2.36. The number of piperazine rings is 1. The van der Waals surface area contributed by atoms with Gasteiger partial charge < -0.3 is 4.90 Å². The third-order valence-electron chi connectivity index (χ3n) is 4.30. The fourth-order valence-corrected chi connectivity index (χ4v) is 5.99. The van der Waals surface area contributed by atoms with Gasteiger partial charge in [0, 0.05) is 36.7 Å². The maximum atomic E-state index is 12.7. The molecule has 0 saturated carbocycles. The highest BCUT2D eigenvalue weighted by Gasteiger charge is 2.30. The minimum atomic E-state index is -3.34. The minimum Gasteiger partial charge on any atom is -0.368 e. The van der Waals surface area contributed by atoms with E-state index in [0.717, 1.165) is 18.0 Å². The van der Waals surface area contributed by atoms with Crippen LogP contribution in [0.4, 0.5) is 5.69 Å². The summed E-state index contributed by atoms with van der Waals surface area (Å²) < 4.78 is 27.5. The number of nitrogens with zero attached hydrogens (tertiary/aromatic N) is 2. The number of benzene rings is 1. The van der Waals surface area contributed by atoms with Crippen molar-refractivity contribution in [2.24, 2.45) is 0 Å². The van der Waals surface area contributed by atoms with Crippen LogP contribution >= 0.6 is 11.3 Å². The van der Waals surface area contributed by atoms with Crippen LogP contribution in [0.15, 0.2) is 34.5 Å². The first kappa shape index (κ1) is 16.5. The normalized spacial score (nSPS) is 16.7. The second-order valence-electron chi connectivity index (χ2n) is 6.00. The summed E-state index contributed by atoms with van der Waals surface area (Å²) in [5, 5.41) is 0. The maximum Gasteiger partial charge on any atom is 0.252 e. The number of aryl methyl sites for hydroxylation is 3. The standard InChI is InChI=1S/C17H22N2O2S2/c1-13-5-4-6-14(2)17(13)18-9-11-19(12-10-18)23(20,21)16-8-7-15(3)22-16/h4-8H,9-12H2,1-3H3. The van der Waals surface area contributed by atoms with Gasteiger partial charge in [-0.15, -0.1) is 11.3 Å². The van der Waals surface area contributed by atoms with E-state index in [1.807, 2.05) is 13.0 Å². The number of anilines is 1. The zero-order valence-corrected chi connectivity index (χ0v) is 15.4. The third kappa shape index (κ3) is 3.16. The van der Waals surface area contributed by atoms with Crippen LogP contribution in [-0.2, 0) is 10.0 Å². The Morgan fingerprint density at radius 2 is 1.52 bits per heavy atom. The predicted molar refractivity (Wildman–Crippen MR) is 95.9 cm³/mol. The Morgan fingerprint density at radius 1 is 0.913 bits per heavy atom. The molecule has 23 heavy (non-hydrogen) atoms. The van der Waals surface area contributed by atoms with E-state index in [0.29, 0.717) is 17.3 Å². The Balaban J connectivity index is 1.76. The monoisotopic (exact) mass is 350 g/mol. The summed E-state index contributed by atoms with van der Waals surface area (Å²) in [4.78, 5) is 3.33. The molecule has 0 bridgehead atoms. The van der Waals surface area contributed by atoms with Crippen LogP contribution in [0.5, 0.6) is 0 Å². The molecule has 1 saturated heterocycles. The Bertz CT molecular complexity index is 784. The molecule has 1 fully saturated rings. The van der Waals surface area contributed by atoms with Crippen molar-refractivity contribution in [2.45, 2.75) is 25.0 Å². The molecule has 0 N–H and O–H groups in total. The van der Waals surface area contributed by atoms with Crippen LogP contribution in [0.2, 0.25) is 0 Å². The molecule has 2 aromatic rings. The van der Waals surface area contributed by atoms with Gasteiger partial charge in [0.1, 0.15) is 4.21 Å². The Hall–Kier alpha value is -1.37. The average Bonchev–Trinajstić information content (AvgIpc) is 2.95. The molecule has 3 rings (SSSR count). The largest absolute Gasteiger partial charge is 0.368 e. The molecule has 1 aromatic carbocycles. The predicted octanol–water partition coefficient (Wildman–Crippen LogP) is 3.18. The summed E-state index contributed by atoms with van der Waals surface area (Å²) in [7, 11) is -3.34. The van der Waals surface area contributed by atoms with Gasteiger partial charge in [-0.25, -0.2) is 8.42 Å². The fourth-order valence-electron chi connectivity index (χ4n) is 3.13. The molecule has 0 radical (unpaired) electrons. The van der Waals surface area contributed by atoms with Gasteiger partial charge in [0.05, 0.1) is 0 Å². The molecule has 2 heterocycles. The van der Waals surface area contributed by atoms with Gasteiger partial charge in [0.25, 0.3) is 10.0 Å². The molecular weight excluding hydrogens is 328 g/mol. The second kappa shape index (κ2) is 6.26. The first-order valence-corrected chi connectivity index (χ1v) is 10.0. The smallest absolute Gasteiger partial charge is 0.252 e. The summed E-state index contributed by atoms with van der Waals surface area (Å²) in [5.74, 6) is 0. The van der Waals surface area contributed by atoms with Crippen LogP contribution in [0.25, 0.3) is 0 Å². The van der Waals surface area contributed by atoms with Crippen molar-refractivity contribution in [3.8, 4) is 0 Å². The topological polar surface area (TPSA) is 40.6 Å². The number of hydrogen-bond acceptors (Lipinski definition) is 4. The van der Waals surface area contributed by atoms with Crippen LogP contribution in [-0.4, -0.2) is 38.9 Å². The molecular formula is C17H22N2O2S2. The molecule has 1 aromatic heterocycles. The fraction of sp³-hybridized carbons (Fsp3) is 0.412. The lowest BCUT2D eigenvalue weighted by Crippen LogP contribution is -2.48. The molecule has 0 aliphatic carbocycles. The van der Waals surface area contributed by atoms with E-state index >= 15 is 0 Å². The summed E-state index contributed by atoms with van der Waals surface area (Å²) in [5.41, 5.74) is 3.74. The lowest BCUT2D eigenvalue weighted by molar-refractivity contribution is 0.385. The molecule has 1 aliphatic heterocycles. The molecule has 0 atom stereocenters. The third-order valence-corrected chi connectivity index (χ3v) is 7.67. The SMILES string of the molecule is Cc1ccc(S(=O)(=O)N2CCN(c3c(C)cccc3C)CC2)s1. The highest BCUT2D eigenvalue weighted by Crippen LogP contribution is 2.28. The van der Waals surface area contributed by atoms with Gasteiger partial charge in [-0.3, -0.25) is 0 Å². The van der Waals surface area contributed by atoms with Crippen molar-refractivity contribution >= 4 is 27.0 Å². The van der Waals surface area contributed by atoms with Gasteiger partial charge >= 0.3 is 0 Å². The number of hydrogen-bond donors (Lipinski definition) is 0. The van der Waals surface area contributed by atoms with Gasteiger partial charge in [0.2, 0.25) is 0 Å². The van der Waals surface area contributed by atoms with Crippen molar-refractivity contribution in [1.29, 1.82) is 0 Å². The van der Waals surface area contributed by atoms with Crippen molar-refractivity contribution in [3.63, 3.8) is 0 Å². The van der Waals surface area contributed by atoms with Crippen molar-refractivity contribution in [2.75, 3.05) is 31.1 Å². The summed E-state index contributed by atoms with van der Waals surface area (Å²) in [6.07, 6.45) is 0. The Morgan fingerprint density at radius 3 is 2.04 bits per heavy atom. The second-order valence-corrected chi connectivity index (χ2v) is 9.45. The number of rotatable bonds is 3. The average molecular weight is 351 g/mol. The number of sulfonamides is 1. The van der Waals surface area contributed by atoms with Crippen LogP contribution in [0.1, 0.15) is 16.0 Å². The quantitative estimate of drug-likeness (QED) is 0.854. The van der Waals surface area contributed by atoms with E-state index in [1.54, 1.807) is 10.4 Å². The van der Waals surface area contributed by atoms with Crippen molar-refractivity contribution in [3.05, 3.63) is 46.3 Å². The molecule has 0 spiro atoms. The highest BCUT2D eigenvalue weighted by atomic mass is 32.2. The molecule has 4 nitrogen and oxygen atoms in total. The Labute approximate surface area is 142 Å². The highest BCUT2D eigenvalue weighted by molar-refractivity contribution is 7.91. The van der Waals surface area contributed by atoms with E-state index in [1.165, 1.54) is 28.2 Å². The van der Waals surface area contributed by atoms with E-state index in [-0.39, 0.29) is 0 Å². The molecule has 6 heteroatoms. The van der Waals surface area contributed by atoms with Crippen LogP contribution in [0, 0.1) is 20.8 Å². The first-order chi connectivity index (χ1) is 10.9. The van der Waals surface area contributed by atoms with E-state index < -0.39 is 10.0 Å². The number of para-hydroxylation sites is 1. The zero-order valence-electron chi connectivity index (χ0n) is 13.7. The van der Waals surface area contributed by atoms with Crippen LogP contribution < -0.4 is 4.90 Å². The van der Waals surface area contributed by atoms with Crippen molar-refractivity contribution in [1.82, 2.24) is 4.31 Å². The summed E-state index contributed by atoms with van der Waals surface area (Å²) >= 11 is 1.35. The maximum absolute atomic E-state index is 12.7. The zero-order chi connectivity index (χ0) is 16.6. The van der Waals surface area contributed by atoms with Gasteiger partial charge in [-0.1, -0.05) is 18.2 Å². The number of thiophene rings is 1. The van der Waals surface area contributed by atoms with E-state index in [4.69, 9.17) is 0 Å². The van der Waals surface area contributed by atoms with Gasteiger partial charge in [0.15, 0.2) is 0 Å². The van der Waals surface area contributed by atoms with E-state index in [2.05, 4.69) is 36.9 Å². The first-order valence-electron chi connectivity index (χ1n) is 7.77. The molecule has 0 unspecified atom stereocenters. The van der Waals surface area contributed by atoms with Crippen molar-refractivity contribution < 1.29 is 8.42 Å². The van der Waals surface area contributed by atoms with Gasteiger partial charge in [-0.05, 0) is 44.0 Å². The molecule has 124 valence electrons. The van der Waals surface area contributed by atoms with Crippen LogP contribution in [0.3, 0.4) is 0 Å². The van der Waals surface area contributed by atoms with Gasteiger partial charge in [-0.2, -0.15) is 4.31 Å². The summed E-state index contributed by atoms with van der Waals surface area (Å²) in [6.45, 7) is 8.69. The van der Waals surface area contributed by atoms with E-state index in [9.17, 15) is 8.42 Å². The minimum absolute atomic E-state index is 0.454.